The molecule has 2 atom stereocenters. The lowest BCUT2D eigenvalue weighted by molar-refractivity contribution is -0.120. The molecule has 0 saturated carbocycles. The van der Waals surface area contributed by atoms with Gasteiger partial charge < -0.3 is 21.1 Å². The van der Waals surface area contributed by atoms with E-state index in [0.29, 0.717) is 5.69 Å². The third-order valence-electron chi connectivity index (χ3n) is 4.37. The average molecular weight is 355 g/mol. The van der Waals surface area contributed by atoms with Crippen molar-refractivity contribution in [3.8, 4) is 16.9 Å². The summed E-state index contributed by atoms with van der Waals surface area (Å²) in [5.41, 5.74) is 7.94. The topological polar surface area (TPSA) is 93.4 Å². The van der Waals surface area contributed by atoms with Gasteiger partial charge in [0.2, 0.25) is 5.91 Å². The van der Waals surface area contributed by atoms with E-state index in [2.05, 4.69) is 10.6 Å². The quantitative estimate of drug-likeness (QED) is 0.711. The highest BCUT2D eigenvalue weighted by atomic mass is 16.5. The number of hydrogen-bond acceptors (Lipinski definition) is 3. The van der Waals surface area contributed by atoms with E-state index in [-0.39, 0.29) is 5.92 Å². The van der Waals surface area contributed by atoms with Crippen molar-refractivity contribution in [1.82, 2.24) is 5.32 Å². The van der Waals surface area contributed by atoms with Crippen LogP contribution in [0.25, 0.3) is 11.1 Å². The fraction of sp³-hybridized carbons (Fsp3) is 0.300. The second kappa shape index (κ2) is 8.89. The second-order valence-corrected chi connectivity index (χ2v) is 6.14. The van der Waals surface area contributed by atoms with E-state index in [9.17, 15) is 9.59 Å². The van der Waals surface area contributed by atoms with Crippen molar-refractivity contribution in [2.24, 2.45) is 11.7 Å². The molecule has 0 heterocycles. The number of urea groups is 1. The average Bonchev–Trinajstić information content (AvgIpc) is 2.66. The first-order chi connectivity index (χ1) is 12.5. The molecule has 0 aliphatic heterocycles. The number of carbonyl (C=O) groups is 2. The maximum Gasteiger partial charge on any atom is 0.319 e. The third kappa shape index (κ3) is 4.75. The Morgan fingerprint density at radius 1 is 1.12 bits per heavy atom. The van der Waals surface area contributed by atoms with E-state index in [1.807, 2.05) is 50.2 Å². The molecule has 0 radical (unpaired) electrons. The van der Waals surface area contributed by atoms with E-state index in [4.69, 9.17) is 10.5 Å². The Morgan fingerprint density at radius 3 is 2.35 bits per heavy atom. The molecule has 0 unspecified atom stereocenters. The first-order valence-electron chi connectivity index (χ1n) is 8.56. The summed E-state index contributed by atoms with van der Waals surface area (Å²) in [4.78, 5) is 23.7. The zero-order valence-corrected chi connectivity index (χ0v) is 15.3. The van der Waals surface area contributed by atoms with Gasteiger partial charge in [0.25, 0.3) is 0 Å². The summed E-state index contributed by atoms with van der Waals surface area (Å²) in [6, 6.07) is 13.9. The Hall–Kier alpha value is -3.02. The summed E-state index contributed by atoms with van der Waals surface area (Å²) >= 11 is 0. The molecule has 0 fully saturated rings. The zero-order valence-electron chi connectivity index (χ0n) is 15.3. The largest absolute Gasteiger partial charge is 0.496 e. The predicted molar refractivity (Wildman–Crippen MR) is 103 cm³/mol. The van der Waals surface area contributed by atoms with Crippen molar-refractivity contribution in [3.05, 3.63) is 48.5 Å². The van der Waals surface area contributed by atoms with Crippen molar-refractivity contribution < 1.29 is 14.3 Å². The molecule has 2 aromatic carbocycles. The monoisotopic (exact) mass is 355 g/mol. The van der Waals surface area contributed by atoms with Gasteiger partial charge in [-0.1, -0.05) is 50.6 Å². The minimum absolute atomic E-state index is 0.0360. The van der Waals surface area contributed by atoms with Crippen LogP contribution >= 0.6 is 0 Å². The summed E-state index contributed by atoms with van der Waals surface area (Å²) in [6.45, 7) is 3.81. The highest BCUT2D eigenvalue weighted by Crippen LogP contribution is 2.30. The molecule has 0 aliphatic rings. The van der Waals surface area contributed by atoms with Gasteiger partial charge in [0.1, 0.15) is 11.8 Å². The minimum atomic E-state index is -0.701. The number of para-hydroxylation sites is 1. The molecule has 2 aromatic rings. The van der Waals surface area contributed by atoms with Gasteiger partial charge in [-0.05, 0) is 29.7 Å². The highest BCUT2D eigenvalue weighted by Gasteiger charge is 2.23. The molecule has 26 heavy (non-hydrogen) atoms. The highest BCUT2D eigenvalue weighted by molar-refractivity contribution is 5.93. The number of nitrogens with one attached hydrogen (secondary N) is 2. The normalized spacial score (nSPS) is 12.7. The molecule has 0 saturated heterocycles. The van der Waals surface area contributed by atoms with Crippen LogP contribution in [0.2, 0.25) is 0 Å². The summed E-state index contributed by atoms with van der Waals surface area (Å²) in [6.07, 6.45) is 0.738. The number of amides is 3. The fourth-order valence-corrected chi connectivity index (χ4v) is 2.65. The van der Waals surface area contributed by atoms with Crippen LogP contribution in [0.3, 0.4) is 0 Å². The van der Waals surface area contributed by atoms with Crippen LogP contribution in [0.1, 0.15) is 20.3 Å². The number of methoxy groups -OCH3 is 1. The van der Waals surface area contributed by atoms with Crippen LogP contribution < -0.4 is 21.1 Å². The van der Waals surface area contributed by atoms with Gasteiger partial charge in [0.05, 0.1) is 7.11 Å². The smallest absolute Gasteiger partial charge is 0.319 e. The summed E-state index contributed by atoms with van der Waals surface area (Å²) in [5, 5.41) is 5.36. The summed E-state index contributed by atoms with van der Waals surface area (Å²) in [5.74, 6) is 0.205. The van der Waals surface area contributed by atoms with Crippen molar-refractivity contribution in [3.63, 3.8) is 0 Å². The Bertz CT molecular complexity index is 759. The Kier molecular flexibility index (Phi) is 6.60. The Labute approximate surface area is 153 Å². The number of hydrogen-bond donors (Lipinski definition) is 3. The minimum Gasteiger partial charge on any atom is -0.496 e. The Morgan fingerprint density at radius 2 is 1.77 bits per heavy atom. The Balaban J connectivity index is 2.07. The van der Waals surface area contributed by atoms with E-state index >= 15 is 0 Å². The van der Waals surface area contributed by atoms with Crippen molar-refractivity contribution in [2.45, 2.75) is 26.3 Å². The van der Waals surface area contributed by atoms with Crippen molar-refractivity contribution >= 4 is 17.6 Å². The van der Waals surface area contributed by atoms with Crippen molar-refractivity contribution in [2.75, 3.05) is 12.4 Å². The van der Waals surface area contributed by atoms with E-state index < -0.39 is 18.0 Å². The van der Waals surface area contributed by atoms with Crippen molar-refractivity contribution in [1.29, 1.82) is 0 Å². The van der Waals surface area contributed by atoms with Gasteiger partial charge >= 0.3 is 6.03 Å². The lowest BCUT2D eigenvalue weighted by atomic mass is 9.99. The van der Waals surface area contributed by atoms with Gasteiger partial charge in [-0.25, -0.2) is 4.79 Å². The molecular weight excluding hydrogens is 330 g/mol. The molecule has 4 N–H and O–H groups in total. The maximum absolute atomic E-state index is 12.2. The number of anilines is 1. The third-order valence-corrected chi connectivity index (χ3v) is 4.37. The van der Waals surface area contributed by atoms with Crippen LogP contribution in [0.15, 0.2) is 48.5 Å². The van der Waals surface area contributed by atoms with Crippen LogP contribution in [0.4, 0.5) is 10.5 Å². The summed E-state index contributed by atoms with van der Waals surface area (Å²) < 4.78 is 5.37. The van der Waals surface area contributed by atoms with Crippen LogP contribution in [-0.4, -0.2) is 25.1 Å². The number of benzene rings is 2. The molecular formula is C20H25N3O3. The van der Waals surface area contributed by atoms with E-state index in [1.165, 1.54) is 0 Å². The fourth-order valence-electron chi connectivity index (χ4n) is 2.65. The van der Waals surface area contributed by atoms with Gasteiger partial charge in [-0.3, -0.25) is 4.79 Å². The lowest BCUT2D eigenvalue weighted by Gasteiger charge is -2.21. The first kappa shape index (κ1) is 19.3. The van der Waals surface area contributed by atoms with Gasteiger partial charge in [-0.15, -0.1) is 0 Å². The van der Waals surface area contributed by atoms with E-state index in [0.717, 1.165) is 23.3 Å². The first-order valence-corrected chi connectivity index (χ1v) is 8.56. The van der Waals surface area contributed by atoms with Gasteiger partial charge in [-0.2, -0.15) is 0 Å². The SMILES string of the molecule is CC[C@H](C)[C@H](NC(=O)Nc1ccc(-c2ccccc2OC)cc1)C(N)=O. The van der Waals surface area contributed by atoms with Gasteiger partial charge in [0, 0.05) is 11.3 Å². The molecule has 6 nitrogen and oxygen atoms in total. The number of ether oxygens (including phenoxy) is 1. The molecule has 0 spiro atoms. The molecule has 0 aliphatic carbocycles. The predicted octanol–water partition coefficient (Wildman–Crippen LogP) is 3.38. The summed E-state index contributed by atoms with van der Waals surface area (Å²) in [7, 11) is 1.63. The molecule has 3 amide bonds. The molecule has 6 heteroatoms. The molecule has 138 valence electrons. The van der Waals surface area contributed by atoms with Gasteiger partial charge in [0.15, 0.2) is 0 Å². The molecule has 0 bridgehead atoms. The molecule has 2 rings (SSSR count). The molecule has 0 aromatic heterocycles. The zero-order chi connectivity index (χ0) is 19.1. The number of rotatable bonds is 7. The standard InChI is InChI=1S/C20H25N3O3/c1-4-13(2)18(19(21)24)23-20(25)22-15-11-9-14(10-12-15)16-7-5-6-8-17(16)26-3/h5-13,18H,4H2,1-3H3,(H2,21,24)(H2,22,23,25)/t13-,18-/m0/s1. The number of nitrogens with two attached hydrogens (primary N) is 1. The second-order valence-electron chi connectivity index (χ2n) is 6.14. The number of primary amides is 1. The lowest BCUT2D eigenvalue weighted by Crippen LogP contribution is -2.49. The maximum atomic E-state index is 12.2. The number of carbonyl (C=O) groups excluding carboxylic acids is 2. The van der Waals surface area contributed by atoms with Crippen LogP contribution in [0, 0.1) is 5.92 Å². The van der Waals surface area contributed by atoms with E-state index in [1.54, 1.807) is 19.2 Å². The van der Waals surface area contributed by atoms with Crippen LogP contribution in [0.5, 0.6) is 5.75 Å². The van der Waals surface area contributed by atoms with Crippen LogP contribution in [-0.2, 0) is 4.79 Å².